The normalized spacial score (nSPS) is 16.5. The van der Waals surface area contributed by atoms with Gasteiger partial charge in [0.1, 0.15) is 6.04 Å². The molecule has 2 aromatic carbocycles. The van der Waals surface area contributed by atoms with Gasteiger partial charge in [0.15, 0.2) is 0 Å². The highest BCUT2D eigenvalue weighted by Crippen LogP contribution is 2.25. The number of amides is 2. The van der Waals surface area contributed by atoms with Gasteiger partial charge >= 0.3 is 0 Å². The van der Waals surface area contributed by atoms with Crippen LogP contribution in [0.3, 0.4) is 0 Å². The maximum Gasteiger partial charge on any atom is 0.242 e. The van der Waals surface area contributed by atoms with E-state index in [-0.39, 0.29) is 17.9 Å². The summed E-state index contributed by atoms with van der Waals surface area (Å²) in [7, 11) is 0. The van der Waals surface area contributed by atoms with Crippen molar-refractivity contribution in [3.63, 3.8) is 0 Å². The highest BCUT2D eigenvalue weighted by atomic mass is 16.2. The fourth-order valence-corrected chi connectivity index (χ4v) is 4.08. The largest absolute Gasteiger partial charge is 0.352 e. The second-order valence-electron chi connectivity index (χ2n) is 8.04. The van der Waals surface area contributed by atoms with Gasteiger partial charge in [-0.05, 0) is 30.9 Å². The van der Waals surface area contributed by atoms with E-state index in [1.807, 2.05) is 60.7 Å². The molecule has 2 N–H and O–H groups in total. The monoisotopic (exact) mass is 392 g/mol. The molecule has 1 fully saturated rings. The molecule has 0 bridgehead atoms. The van der Waals surface area contributed by atoms with Crippen molar-refractivity contribution in [2.45, 2.75) is 69.9 Å². The molecule has 1 atom stereocenters. The lowest BCUT2D eigenvalue weighted by atomic mass is 9.90. The molecule has 1 saturated carbocycles. The van der Waals surface area contributed by atoms with E-state index in [1.165, 1.54) is 19.3 Å². The third-order valence-corrected chi connectivity index (χ3v) is 5.73. The van der Waals surface area contributed by atoms with E-state index in [2.05, 4.69) is 10.6 Å². The van der Waals surface area contributed by atoms with Crippen molar-refractivity contribution < 1.29 is 9.59 Å². The first-order chi connectivity index (χ1) is 14.1. The lowest BCUT2D eigenvalue weighted by molar-refractivity contribution is -0.129. The van der Waals surface area contributed by atoms with Gasteiger partial charge in [-0.2, -0.15) is 0 Å². The first kappa shape index (κ1) is 21.1. The second kappa shape index (κ2) is 10.8. The van der Waals surface area contributed by atoms with Crippen LogP contribution in [0.2, 0.25) is 0 Å². The third kappa shape index (κ3) is 6.18. The van der Waals surface area contributed by atoms with Crippen LogP contribution in [0.5, 0.6) is 0 Å². The Kier molecular flexibility index (Phi) is 7.85. The van der Waals surface area contributed by atoms with Crippen molar-refractivity contribution in [1.82, 2.24) is 10.6 Å². The molecule has 2 aromatic rings. The maximum absolute atomic E-state index is 13.2. The van der Waals surface area contributed by atoms with Gasteiger partial charge in [0.25, 0.3) is 0 Å². The van der Waals surface area contributed by atoms with Gasteiger partial charge in [-0.15, -0.1) is 0 Å². The summed E-state index contributed by atoms with van der Waals surface area (Å²) in [5.74, 6) is -0.680. The standard InChI is InChI=1S/C25H32N2O2/c1-19(24(28)27-22-17-11-3-2-4-12-18-22)26-25(29)23(20-13-7-5-8-14-20)21-15-9-6-10-16-21/h5-10,13-16,19,22-23H,2-4,11-12,17-18H2,1H3,(H,26,29)(H,27,28). The minimum atomic E-state index is -0.567. The highest BCUT2D eigenvalue weighted by Gasteiger charge is 2.26. The number of carbonyl (C=O) groups excluding carboxylic acids is 2. The molecule has 0 saturated heterocycles. The zero-order valence-electron chi connectivity index (χ0n) is 17.3. The number of hydrogen-bond acceptors (Lipinski definition) is 2. The molecular weight excluding hydrogens is 360 g/mol. The summed E-state index contributed by atoms with van der Waals surface area (Å²) in [6.45, 7) is 1.77. The highest BCUT2D eigenvalue weighted by molar-refractivity contribution is 5.92. The van der Waals surface area contributed by atoms with E-state index >= 15 is 0 Å². The Balaban J connectivity index is 1.66. The minimum Gasteiger partial charge on any atom is -0.352 e. The fourth-order valence-electron chi connectivity index (χ4n) is 4.08. The molecule has 1 unspecified atom stereocenters. The first-order valence-corrected chi connectivity index (χ1v) is 10.9. The molecule has 29 heavy (non-hydrogen) atoms. The lowest BCUT2D eigenvalue weighted by Gasteiger charge is -2.25. The Morgan fingerprint density at radius 3 is 1.76 bits per heavy atom. The molecule has 1 aliphatic rings. The van der Waals surface area contributed by atoms with Gasteiger partial charge in [-0.1, -0.05) is 92.8 Å². The van der Waals surface area contributed by atoms with Crippen LogP contribution < -0.4 is 10.6 Å². The quantitative estimate of drug-likeness (QED) is 0.757. The van der Waals surface area contributed by atoms with E-state index in [0.29, 0.717) is 0 Å². The number of hydrogen-bond donors (Lipinski definition) is 2. The number of carbonyl (C=O) groups is 2. The number of benzene rings is 2. The summed E-state index contributed by atoms with van der Waals surface area (Å²) >= 11 is 0. The molecule has 0 heterocycles. The van der Waals surface area contributed by atoms with Crippen LogP contribution in [0.15, 0.2) is 60.7 Å². The Bertz CT molecular complexity index is 728. The Morgan fingerprint density at radius 1 is 0.759 bits per heavy atom. The summed E-state index contributed by atoms with van der Waals surface area (Å²) < 4.78 is 0. The van der Waals surface area contributed by atoms with Gasteiger partial charge in [-0.3, -0.25) is 9.59 Å². The minimum absolute atomic E-state index is 0.0937. The Hall–Kier alpha value is -2.62. The van der Waals surface area contributed by atoms with Crippen LogP contribution in [0.4, 0.5) is 0 Å². The van der Waals surface area contributed by atoms with Gasteiger partial charge in [0.05, 0.1) is 5.92 Å². The van der Waals surface area contributed by atoms with Crippen molar-refractivity contribution in [2.75, 3.05) is 0 Å². The maximum atomic E-state index is 13.2. The molecule has 154 valence electrons. The summed E-state index contributed by atoms with van der Waals surface area (Å²) in [6, 6.07) is 19.1. The van der Waals surface area contributed by atoms with Crippen molar-refractivity contribution in [3.8, 4) is 0 Å². The number of rotatable bonds is 6. The van der Waals surface area contributed by atoms with Crippen LogP contribution in [0.25, 0.3) is 0 Å². The summed E-state index contributed by atoms with van der Waals surface area (Å²) in [6.07, 6.45) is 8.17. The fraction of sp³-hybridized carbons (Fsp3) is 0.440. The van der Waals surface area contributed by atoms with Crippen LogP contribution in [-0.4, -0.2) is 23.9 Å². The average Bonchev–Trinajstić information content (AvgIpc) is 2.71. The molecular formula is C25H32N2O2. The molecule has 1 aliphatic carbocycles. The first-order valence-electron chi connectivity index (χ1n) is 10.9. The smallest absolute Gasteiger partial charge is 0.242 e. The molecule has 0 aromatic heterocycles. The van der Waals surface area contributed by atoms with E-state index < -0.39 is 12.0 Å². The second-order valence-corrected chi connectivity index (χ2v) is 8.04. The van der Waals surface area contributed by atoms with Gasteiger partial charge < -0.3 is 10.6 Å². The van der Waals surface area contributed by atoms with Gasteiger partial charge in [0.2, 0.25) is 11.8 Å². The van der Waals surface area contributed by atoms with E-state index in [0.717, 1.165) is 36.8 Å². The molecule has 4 heteroatoms. The van der Waals surface area contributed by atoms with Crippen molar-refractivity contribution in [1.29, 1.82) is 0 Å². The van der Waals surface area contributed by atoms with E-state index in [4.69, 9.17) is 0 Å². The molecule has 3 rings (SSSR count). The summed E-state index contributed by atoms with van der Waals surface area (Å²) in [5.41, 5.74) is 1.84. The van der Waals surface area contributed by atoms with Gasteiger partial charge in [-0.25, -0.2) is 0 Å². The predicted molar refractivity (Wildman–Crippen MR) is 117 cm³/mol. The predicted octanol–water partition coefficient (Wildman–Crippen LogP) is 4.55. The zero-order chi connectivity index (χ0) is 20.5. The molecule has 0 radical (unpaired) electrons. The number of nitrogens with one attached hydrogen (secondary N) is 2. The van der Waals surface area contributed by atoms with Crippen molar-refractivity contribution >= 4 is 11.8 Å². The lowest BCUT2D eigenvalue weighted by Crippen LogP contribution is -2.49. The average molecular weight is 393 g/mol. The summed E-state index contributed by atoms with van der Waals surface area (Å²) in [5, 5.41) is 6.10. The van der Waals surface area contributed by atoms with Crippen molar-refractivity contribution in [3.05, 3.63) is 71.8 Å². The van der Waals surface area contributed by atoms with E-state index in [1.54, 1.807) is 6.92 Å². The summed E-state index contributed by atoms with van der Waals surface area (Å²) in [4.78, 5) is 25.9. The molecule has 4 nitrogen and oxygen atoms in total. The topological polar surface area (TPSA) is 58.2 Å². The third-order valence-electron chi connectivity index (χ3n) is 5.73. The molecule has 2 amide bonds. The molecule has 0 aliphatic heterocycles. The van der Waals surface area contributed by atoms with Crippen LogP contribution in [-0.2, 0) is 9.59 Å². The SMILES string of the molecule is CC(NC(=O)C(c1ccccc1)c1ccccc1)C(=O)NC1CCCCCCC1. The Labute approximate surface area is 174 Å². The van der Waals surface area contributed by atoms with Crippen LogP contribution in [0, 0.1) is 0 Å². The zero-order valence-corrected chi connectivity index (χ0v) is 17.3. The van der Waals surface area contributed by atoms with E-state index in [9.17, 15) is 9.59 Å². The van der Waals surface area contributed by atoms with Crippen LogP contribution >= 0.6 is 0 Å². The van der Waals surface area contributed by atoms with Crippen molar-refractivity contribution in [2.24, 2.45) is 0 Å². The van der Waals surface area contributed by atoms with Gasteiger partial charge in [0, 0.05) is 6.04 Å². The molecule has 0 spiro atoms. The van der Waals surface area contributed by atoms with Crippen LogP contribution in [0.1, 0.15) is 68.9 Å². The Morgan fingerprint density at radius 2 is 1.24 bits per heavy atom.